The molecule has 0 aromatic carbocycles. The largest absolute Gasteiger partial charge is 0.355 e. The molecular formula is C11H16ClN3. The average Bonchev–Trinajstić information content (AvgIpc) is 2.68. The molecule has 0 bridgehead atoms. The normalized spacial score (nSPS) is 20.9. The van der Waals surface area contributed by atoms with Crippen molar-refractivity contribution in [3.8, 4) is 0 Å². The third-order valence-electron chi connectivity index (χ3n) is 2.96. The van der Waals surface area contributed by atoms with Gasteiger partial charge in [-0.25, -0.2) is 4.98 Å². The first-order valence-corrected chi connectivity index (χ1v) is 5.93. The molecule has 0 radical (unpaired) electrons. The first-order chi connectivity index (χ1) is 7.31. The summed E-state index contributed by atoms with van der Waals surface area (Å²) in [5.74, 6) is 2.52. The molecule has 1 fully saturated rings. The van der Waals surface area contributed by atoms with Gasteiger partial charge in [-0.1, -0.05) is 0 Å². The molecule has 2 rings (SSSR count). The van der Waals surface area contributed by atoms with Gasteiger partial charge >= 0.3 is 0 Å². The number of alkyl halides is 1. The van der Waals surface area contributed by atoms with Crippen molar-refractivity contribution in [3.63, 3.8) is 0 Å². The Morgan fingerprint density at radius 1 is 1.47 bits per heavy atom. The minimum absolute atomic E-state index is 0.726. The SMILES string of the molecule is Cc1nccnc1N1CCC(CCCl)C1. The van der Waals surface area contributed by atoms with Crippen molar-refractivity contribution in [2.24, 2.45) is 5.92 Å². The Kier molecular flexibility index (Phi) is 3.41. The summed E-state index contributed by atoms with van der Waals surface area (Å²) in [4.78, 5) is 11.0. The number of rotatable bonds is 3. The second kappa shape index (κ2) is 4.79. The molecular weight excluding hydrogens is 210 g/mol. The van der Waals surface area contributed by atoms with Gasteiger partial charge in [0.25, 0.3) is 0 Å². The van der Waals surface area contributed by atoms with E-state index in [2.05, 4.69) is 14.9 Å². The lowest BCUT2D eigenvalue weighted by Crippen LogP contribution is -2.22. The number of halogens is 1. The fourth-order valence-corrected chi connectivity index (χ4v) is 2.43. The van der Waals surface area contributed by atoms with Gasteiger partial charge in [0.15, 0.2) is 0 Å². The first kappa shape index (κ1) is 10.7. The molecule has 0 amide bonds. The molecule has 0 N–H and O–H groups in total. The lowest BCUT2D eigenvalue weighted by molar-refractivity contribution is 0.572. The van der Waals surface area contributed by atoms with E-state index in [0.29, 0.717) is 0 Å². The predicted octanol–water partition coefficient (Wildman–Crippen LogP) is 2.24. The molecule has 3 nitrogen and oxygen atoms in total. The summed E-state index contributed by atoms with van der Waals surface area (Å²) in [5, 5.41) is 0. The van der Waals surface area contributed by atoms with Gasteiger partial charge in [0, 0.05) is 31.4 Å². The van der Waals surface area contributed by atoms with E-state index in [0.717, 1.165) is 42.8 Å². The van der Waals surface area contributed by atoms with Gasteiger partial charge in [-0.3, -0.25) is 4.98 Å². The van der Waals surface area contributed by atoms with E-state index in [1.54, 1.807) is 12.4 Å². The van der Waals surface area contributed by atoms with Crippen molar-refractivity contribution in [2.75, 3.05) is 23.9 Å². The molecule has 1 saturated heterocycles. The maximum Gasteiger partial charge on any atom is 0.150 e. The Morgan fingerprint density at radius 2 is 2.27 bits per heavy atom. The second-order valence-electron chi connectivity index (χ2n) is 4.04. The number of hydrogen-bond donors (Lipinski definition) is 0. The maximum absolute atomic E-state index is 5.76. The van der Waals surface area contributed by atoms with E-state index in [-0.39, 0.29) is 0 Å². The summed E-state index contributed by atoms with van der Waals surface area (Å²) < 4.78 is 0. The van der Waals surface area contributed by atoms with Crippen LogP contribution in [0.15, 0.2) is 12.4 Å². The van der Waals surface area contributed by atoms with Crippen LogP contribution in [0.4, 0.5) is 5.82 Å². The van der Waals surface area contributed by atoms with Crippen LogP contribution in [-0.2, 0) is 0 Å². The van der Waals surface area contributed by atoms with Crippen LogP contribution in [0.5, 0.6) is 0 Å². The fourth-order valence-electron chi connectivity index (χ4n) is 2.13. The summed E-state index contributed by atoms with van der Waals surface area (Å²) in [6, 6.07) is 0. The van der Waals surface area contributed by atoms with Crippen molar-refractivity contribution in [3.05, 3.63) is 18.1 Å². The summed E-state index contributed by atoms with van der Waals surface area (Å²) in [5.41, 5.74) is 1.02. The monoisotopic (exact) mass is 225 g/mol. The Bertz CT molecular complexity index is 329. The Labute approximate surface area is 95.5 Å². The molecule has 1 unspecified atom stereocenters. The summed E-state index contributed by atoms with van der Waals surface area (Å²) in [6.07, 6.45) is 5.84. The van der Waals surface area contributed by atoms with Crippen molar-refractivity contribution < 1.29 is 0 Å². The van der Waals surface area contributed by atoms with Gasteiger partial charge in [0.1, 0.15) is 5.82 Å². The highest BCUT2D eigenvalue weighted by atomic mass is 35.5. The van der Waals surface area contributed by atoms with Crippen LogP contribution in [0.1, 0.15) is 18.5 Å². The standard InChI is InChI=1S/C11H16ClN3/c1-9-11(14-6-5-13-9)15-7-3-10(8-15)2-4-12/h5-6,10H,2-4,7-8H2,1H3. The maximum atomic E-state index is 5.76. The lowest BCUT2D eigenvalue weighted by Gasteiger charge is -2.18. The van der Waals surface area contributed by atoms with Crippen LogP contribution >= 0.6 is 11.6 Å². The molecule has 0 aliphatic carbocycles. The molecule has 1 aliphatic rings. The van der Waals surface area contributed by atoms with E-state index in [1.165, 1.54) is 6.42 Å². The molecule has 0 saturated carbocycles. The van der Waals surface area contributed by atoms with Gasteiger partial charge in [-0.05, 0) is 25.7 Å². The van der Waals surface area contributed by atoms with Crippen molar-refractivity contribution in [1.29, 1.82) is 0 Å². The molecule has 1 atom stereocenters. The van der Waals surface area contributed by atoms with Gasteiger partial charge in [0.05, 0.1) is 5.69 Å². The highest BCUT2D eigenvalue weighted by molar-refractivity contribution is 6.17. The highest BCUT2D eigenvalue weighted by Crippen LogP contribution is 2.25. The molecule has 4 heteroatoms. The van der Waals surface area contributed by atoms with E-state index < -0.39 is 0 Å². The quantitative estimate of drug-likeness (QED) is 0.739. The Hall–Kier alpha value is -0.830. The molecule has 1 aliphatic heterocycles. The zero-order valence-electron chi connectivity index (χ0n) is 8.99. The Balaban J connectivity index is 2.04. The highest BCUT2D eigenvalue weighted by Gasteiger charge is 2.23. The topological polar surface area (TPSA) is 29.0 Å². The lowest BCUT2D eigenvalue weighted by atomic mass is 10.1. The molecule has 15 heavy (non-hydrogen) atoms. The number of nitrogens with zero attached hydrogens (tertiary/aromatic N) is 3. The van der Waals surface area contributed by atoms with Crippen LogP contribution in [0.2, 0.25) is 0 Å². The minimum Gasteiger partial charge on any atom is -0.355 e. The molecule has 82 valence electrons. The van der Waals surface area contributed by atoms with E-state index in [1.807, 2.05) is 6.92 Å². The smallest absolute Gasteiger partial charge is 0.150 e. The van der Waals surface area contributed by atoms with Crippen LogP contribution in [0, 0.1) is 12.8 Å². The zero-order chi connectivity index (χ0) is 10.7. The van der Waals surface area contributed by atoms with E-state index >= 15 is 0 Å². The Morgan fingerprint density at radius 3 is 3.00 bits per heavy atom. The van der Waals surface area contributed by atoms with E-state index in [4.69, 9.17) is 11.6 Å². The van der Waals surface area contributed by atoms with Crippen LogP contribution in [0.25, 0.3) is 0 Å². The van der Waals surface area contributed by atoms with Crippen LogP contribution < -0.4 is 4.90 Å². The molecule has 2 heterocycles. The molecule has 1 aromatic rings. The number of aromatic nitrogens is 2. The van der Waals surface area contributed by atoms with Gasteiger partial charge in [-0.2, -0.15) is 0 Å². The van der Waals surface area contributed by atoms with Crippen molar-refractivity contribution in [2.45, 2.75) is 19.8 Å². The van der Waals surface area contributed by atoms with Crippen LogP contribution in [-0.4, -0.2) is 28.9 Å². The van der Waals surface area contributed by atoms with E-state index in [9.17, 15) is 0 Å². The number of hydrogen-bond acceptors (Lipinski definition) is 3. The third-order valence-corrected chi connectivity index (χ3v) is 3.18. The predicted molar refractivity (Wildman–Crippen MR) is 62.4 cm³/mol. The zero-order valence-corrected chi connectivity index (χ0v) is 9.74. The number of aryl methyl sites for hydroxylation is 1. The first-order valence-electron chi connectivity index (χ1n) is 5.40. The van der Waals surface area contributed by atoms with Gasteiger partial charge in [-0.15, -0.1) is 11.6 Å². The van der Waals surface area contributed by atoms with Crippen molar-refractivity contribution >= 4 is 17.4 Å². The van der Waals surface area contributed by atoms with Crippen molar-refractivity contribution in [1.82, 2.24) is 9.97 Å². The third kappa shape index (κ3) is 2.40. The van der Waals surface area contributed by atoms with Crippen LogP contribution in [0.3, 0.4) is 0 Å². The van der Waals surface area contributed by atoms with Gasteiger partial charge < -0.3 is 4.90 Å². The van der Waals surface area contributed by atoms with Gasteiger partial charge in [0.2, 0.25) is 0 Å². The summed E-state index contributed by atoms with van der Waals surface area (Å²) >= 11 is 5.76. The average molecular weight is 226 g/mol. The minimum atomic E-state index is 0.726. The second-order valence-corrected chi connectivity index (χ2v) is 4.42. The fraction of sp³-hybridized carbons (Fsp3) is 0.636. The molecule has 1 aromatic heterocycles. The summed E-state index contributed by atoms with van der Waals surface area (Å²) in [6.45, 7) is 4.17. The number of anilines is 1. The molecule has 0 spiro atoms. The summed E-state index contributed by atoms with van der Waals surface area (Å²) in [7, 11) is 0.